The van der Waals surface area contributed by atoms with Gasteiger partial charge in [0.05, 0.1) is 13.3 Å². The van der Waals surface area contributed by atoms with Gasteiger partial charge < -0.3 is 9.84 Å². The molecule has 0 fully saturated rings. The molecule has 0 unspecified atom stereocenters. The van der Waals surface area contributed by atoms with E-state index in [2.05, 4.69) is 25.7 Å². The maximum atomic E-state index is 12.3. The quantitative estimate of drug-likeness (QED) is 0.881. The van der Waals surface area contributed by atoms with Gasteiger partial charge in [0.15, 0.2) is 11.5 Å². The van der Waals surface area contributed by atoms with Crippen molar-refractivity contribution >= 4 is 15.9 Å². The third-order valence-corrected chi connectivity index (χ3v) is 2.16. The molecule has 0 saturated carbocycles. The van der Waals surface area contributed by atoms with Crippen LogP contribution in [0.25, 0.3) is 0 Å². The first-order valence-electron chi connectivity index (χ1n) is 3.27. The highest BCUT2D eigenvalue weighted by molar-refractivity contribution is 9.10. The smallest absolute Gasteiger partial charge is 0.284 e. The van der Waals surface area contributed by atoms with E-state index in [-0.39, 0.29) is 16.0 Å². The number of hydrogen-bond acceptors (Lipinski definition) is 3. The topological polar surface area (TPSA) is 42.4 Å². The molecule has 0 aliphatic carbocycles. The highest BCUT2D eigenvalue weighted by Crippen LogP contribution is 2.38. The highest BCUT2D eigenvalue weighted by Gasteiger charge is 2.20. The number of rotatable bonds is 2. The lowest BCUT2D eigenvalue weighted by Gasteiger charge is -2.09. The van der Waals surface area contributed by atoms with Gasteiger partial charge in [0, 0.05) is 0 Å². The van der Waals surface area contributed by atoms with Crippen LogP contribution in [0.4, 0.5) is 8.78 Å². The van der Waals surface area contributed by atoms with E-state index in [9.17, 15) is 8.78 Å². The molecule has 0 bridgehead atoms. The van der Waals surface area contributed by atoms with Gasteiger partial charge in [-0.25, -0.2) is 13.8 Å². The SMILES string of the molecule is COc1c(C(F)F)ncc(O)c1Br. The number of ether oxygens (including phenoxy) is 1. The average molecular weight is 254 g/mol. The van der Waals surface area contributed by atoms with Crippen LogP contribution in [0.5, 0.6) is 11.5 Å². The number of aromatic nitrogens is 1. The van der Waals surface area contributed by atoms with Crippen molar-refractivity contribution in [2.24, 2.45) is 0 Å². The van der Waals surface area contributed by atoms with Crippen LogP contribution in [0, 0.1) is 0 Å². The summed E-state index contributed by atoms with van der Waals surface area (Å²) >= 11 is 2.91. The maximum absolute atomic E-state index is 12.3. The lowest BCUT2D eigenvalue weighted by molar-refractivity contribution is 0.141. The molecule has 72 valence electrons. The van der Waals surface area contributed by atoms with E-state index in [1.807, 2.05) is 0 Å². The Labute approximate surface area is 81.5 Å². The number of alkyl halides is 2. The van der Waals surface area contributed by atoms with Gasteiger partial charge in [-0.3, -0.25) is 0 Å². The van der Waals surface area contributed by atoms with Crippen molar-refractivity contribution in [3.05, 3.63) is 16.4 Å². The van der Waals surface area contributed by atoms with Crippen LogP contribution in [0.3, 0.4) is 0 Å². The Morgan fingerprint density at radius 2 is 2.23 bits per heavy atom. The number of halogens is 3. The lowest BCUT2D eigenvalue weighted by Crippen LogP contribution is -1.97. The first kappa shape index (κ1) is 10.2. The van der Waals surface area contributed by atoms with Crippen molar-refractivity contribution < 1.29 is 18.6 Å². The molecule has 0 atom stereocenters. The summed E-state index contributed by atoms with van der Waals surface area (Å²) in [6.45, 7) is 0. The predicted octanol–water partition coefficient (Wildman–Crippen LogP) is 2.50. The first-order valence-corrected chi connectivity index (χ1v) is 4.06. The molecule has 1 N–H and O–H groups in total. The van der Waals surface area contributed by atoms with Crippen molar-refractivity contribution in [1.29, 1.82) is 0 Å². The van der Waals surface area contributed by atoms with Gasteiger partial charge in [-0.2, -0.15) is 0 Å². The first-order chi connectivity index (χ1) is 6.07. The van der Waals surface area contributed by atoms with Crippen molar-refractivity contribution in [2.45, 2.75) is 6.43 Å². The summed E-state index contributed by atoms with van der Waals surface area (Å²) in [6.07, 6.45) is -1.79. The number of pyridine rings is 1. The molecule has 13 heavy (non-hydrogen) atoms. The Balaban J connectivity index is 3.30. The zero-order valence-corrected chi connectivity index (χ0v) is 8.18. The molecular weight excluding hydrogens is 248 g/mol. The molecule has 0 saturated heterocycles. The summed E-state index contributed by atoms with van der Waals surface area (Å²) < 4.78 is 29.3. The molecule has 0 aromatic carbocycles. The summed E-state index contributed by atoms with van der Waals surface area (Å²) in [6, 6.07) is 0. The molecule has 1 heterocycles. The normalized spacial score (nSPS) is 10.5. The van der Waals surface area contributed by atoms with E-state index < -0.39 is 12.1 Å². The van der Waals surface area contributed by atoms with Crippen LogP contribution < -0.4 is 4.74 Å². The van der Waals surface area contributed by atoms with E-state index in [4.69, 9.17) is 5.11 Å². The number of hydrogen-bond donors (Lipinski definition) is 1. The Morgan fingerprint density at radius 1 is 1.62 bits per heavy atom. The second kappa shape index (κ2) is 3.87. The van der Waals surface area contributed by atoms with Gasteiger partial charge in [0.2, 0.25) is 0 Å². The maximum Gasteiger partial charge on any atom is 0.284 e. The van der Waals surface area contributed by atoms with Crippen molar-refractivity contribution in [3.8, 4) is 11.5 Å². The summed E-state index contributed by atoms with van der Waals surface area (Å²) in [5.41, 5.74) is -0.493. The zero-order valence-electron chi connectivity index (χ0n) is 6.59. The van der Waals surface area contributed by atoms with Crippen LogP contribution in [0.15, 0.2) is 10.7 Å². The third-order valence-electron chi connectivity index (χ3n) is 1.39. The Morgan fingerprint density at radius 3 is 2.69 bits per heavy atom. The summed E-state index contributed by atoms with van der Waals surface area (Å²) in [5, 5.41) is 9.10. The van der Waals surface area contributed by atoms with E-state index >= 15 is 0 Å². The van der Waals surface area contributed by atoms with Crippen LogP contribution in [0.2, 0.25) is 0 Å². The van der Waals surface area contributed by atoms with Gasteiger partial charge in [-0.05, 0) is 15.9 Å². The molecule has 1 rings (SSSR count). The minimum Gasteiger partial charge on any atom is -0.505 e. The fourth-order valence-electron chi connectivity index (χ4n) is 0.824. The largest absolute Gasteiger partial charge is 0.505 e. The molecular formula is C7H6BrF2NO2. The number of nitrogens with zero attached hydrogens (tertiary/aromatic N) is 1. The standard InChI is InChI=1S/C7H6BrF2NO2/c1-13-6-4(8)3(12)2-11-5(6)7(9)10/h2,7,12H,1H3. The monoisotopic (exact) mass is 253 g/mol. The van der Waals surface area contributed by atoms with Gasteiger partial charge in [-0.15, -0.1) is 0 Å². The number of methoxy groups -OCH3 is 1. The van der Waals surface area contributed by atoms with Crippen LogP contribution in [0.1, 0.15) is 12.1 Å². The molecule has 0 aliphatic heterocycles. The molecule has 3 nitrogen and oxygen atoms in total. The molecule has 0 spiro atoms. The minimum absolute atomic E-state index is 0.0836. The Bertz CT molecular complexity index is 320. The molecule has 0 aliphatic rings. The predicted molar refractivity (Wildman–Crippen MR) is 45.1 cm³/mol. The second-order valence-electron chi connectivity index (χ2n) is 2.18. The summed E-state index contributed by atoms with van der Waals surface area (Å²) in [7, 11) is 1.23. The molecule has 0 amide bonds. The van der Waals surface area contributed by atoms with Crippen molar-refractivity contribution in [2.75, 3.05) is 7.11 Å². The molecule has 1 aromatic rings. The molecule has 6 heteroatoms. The van der Waals surface area contributed by atoms with Crippen LogP contribution in [-0.4, -0.2) is 17.2 Å². The van der Waals surface area contributed by atoms with Gasteiger partial charge in [0.25, 0.3) is 6.43 Å². The van der Waals surface area contributed by atoms with E-state index in [1.165, 1.54) is 7.11 Å². The van der Waals surface area contributed by atoms with Crippen molar-refractivity contribution in [3.63, 3.8) is 0 Å². The van der Waals surface area contributed by atoms with Gasteiger partial charge >= 0.3 is 0 Å². The molecule has 0 radical (unpaired) electrons. The van der Waals surface area contributed by atoms with Gasteiger partial charge in [-0.1, -0.05) is 0 Å². The van der Waals surface area contributed by atoms with E-state index in [0.717, 1.165) is 6.20 Å². The fourth-order valence-corrected chi connectivity index (χ4v) is 1.29. The highest BCUT2D eigenvalue weighted by atomic mass is 79.9. The molecule has 1 aromatic heterocycles. The van der Waals surface area contributed by atoms with E-state index in [1.54, 1.807) is 0 Å². The number of aromatic hydroxyl groups is 1. The Hall–Kier alpha value is -0.910. The van der Waals surface area contributed by atoms with Gasteiger partial charge in [0.1, 0.15) is 10.2 Å². The minimum atomic E-state index is -2.73. The average Bonchev–Trinajstić information content (AvgIpc) is 2.09. The van der Waals surface area contributed by atoms with E-state index in [0.29, 0.717) is 0 Å². The zero-order chi connectivity index (χ0) is 10.0. The summed E-state index contributed by atoms with van der Waals surface area (Å²) in [5.74, 6) is -0.378. The lowest BCUT2D eigenvalue weighted by atomic mass is 10.3. The second-order valence-corrected chi connectivity index (χ2v) is 2.97. The van der Waals surface area contributed by atoms with Crippen LogP contribution in [-0.2, 0) is 0 Å². The Kier molecular flexibility index (Phi) is 3.02. The van der Waals surface area contributed by atoms with Crippen molar-refractivity contribution in [1.82, 2.24) is 4.98 Å². The van der Waals surface area contributed by atoms with Crippen LogP contribution >= 0.6 is 15.9 Å². The third kappa shape index (κ3) is 1.88. The fraction of sp³-hybridized carbons (Fsp3) is 0.286. The summed E-state index contributed by atoms with van der Waals surface area (Å²) in [4.78, 5) is 3.35.